The normalized spacial score (nSPS) is 14.1. The predicted molar refractivity (Wildman–Crippen MR) is 110 cm³/mol. The van der Waals surface area contributed by atoms with E-state index < -0.39 is 18.0 Å². The van der Waals surface area contributed by atoms with Gasteiger partial charge in [0.15, 0.2) is 6.10 Å². The first-order valence-corrected chi connectivity index (χ1v) is 10.4. The Morgan fingerprint density at radius 3 is 3.00 bits per heavy atom. The molecule has 1 unspecified atom stereocenters. The fraction of sp³-hybridized carbons (Fsp3) is 0.333. The summed E-state index contributed by atoms with van der Waals surface area (Å²) in [7, 11) is 0. The van der Waals surface area contributed by atoms with Gasteiger partial charge in [-0.15, -0.1) is 11.3 Å². The highest BCUT2D eigenvalue weighted by Gasteiger charge is 2.26. The molecular weight excluding hydrogens is 388 g/mol. The highest BCUT2D eigenvalue weighted by molar-refractivity contribution is 7.16. The van der Waals surface area contributed by atoms with E-state index in [9.17, 15) is 14.9 Å². The summed E-state index contributed by atoms with van der Waals surface area (Å²) in [5, 5.41) is 12.9. The number of nitrogens with one attached hydrogen (secondary N) is 2. The molecule has 0 bridgehead atoms. The van der Waals surface area contributed by atoms with Gasteiger partial charge in [0.2, 0.25) is 0 Å². The van der Waals surface area contributed by atoms with Gasteiger partial charge in [0, 0.05) is 4.88 Å². The molecule has 1 aromatic carbocycles. The second kappa shape index (κ2) is 8.05. The molecule has 7 nitrogen and oxygen atoms in total. The van der Waals surface area contributed by atoms with Crippen molar-refractivity contribution in [3.05, 3.63) is 46.1 Å². The molecule has 2 aromatic heterocycles. The quantitative estimate of drug-likeness (QED) is 0.622. The lowest BCUT2D eigenvalue weighted by Gasteiger charge is -2.15. The number of aromatic amines is 1. The van der Waals surface area contributed by atoms with Crippen molar-refractivity contribution in [3.8, 4) is 6.07 Å². The Labute approximate surface area is 171 Å². The van der Waals surface area contributed by atoms with E-state index in [-0.39, 0.29) is 0 Å². The van der Waals surface area contributed by atoms with Crippen LogP contribution in [0.4, 0.5) is 5.00 Å². The molecule has 0 fully saturated rings. The smallest absolute Gasteiger partial charge is 0.338 e. The first-order valence-electron chi connectivity index (χ1n) is 9.60. The number of carbonyl (C=O) groups is 2. The molecule has 0 aliphatic heterocycles. The topological polar surface area (TPSA) is 108 Å². The Morgan fingerprint density at radius 1 is 1.38 bits per heavy atom. The van der Waals surface area contributed by atoms with Crippen LogP contribution < -0.4 is 5.32 Å². The van der Waals surface area contributed by atoms with Gasteiger partial charge in [-0.2, -0.15) is 5.26 Å². The number of fused-ring (bicyclic) bond motifs is 2. The van der Waals surface area contributed by atoms with Gasteiger partial charge in [-0.25, -0.2) is 9.78 Å². The maximum Gasteiger partial charge on any atom is 0.338 e. The lowest BCUT2D eigenvalue weighted by Crippen LogP contribution is -2.32. The lowest BCUT2D eigenvalue weighted by atomic mass is 9.96. The zero-order valence-electron chi connectivity index (χ0n) is 15.9. The van der Waals surface area contributed by atoms with Crippen LogP contribution >= 0.6 is 11.3 Å². The number of nitriles is 1. The van der Waals surface area contributed by atoms with E-state index in [0.717, 1.165) is 42.3 Å². The molecular formula is C21H20N4O3S. The Bertz CT molecular complexity index is 1120. The number of H-pyrrole nitrogens is 1. The summed E-state index contributed by atoms with van der Waals surface area (Å²) in [6.07, 6.45) is 4.90. The molecule has 8 heteroatoms. The van der Waals surface area contributed by atoms with Crippen molar-refractivity contribution in [2.75, 3.05) is 5.32 Å². The molecule has 0 saturated heterocycles. The monoisotopic (exact) mass is 408 g/mol. The Kier molecular flexibility index (Phi) is 5.32. The fourth-order valence-electron chi connectivity index (χ4n) is 3.55. The van der Waals surface area contributed by atoms with E-state index in [0.29, 0.717) is 22.5 Å². The third-order valence-corrected chi connectivity index (χ3v) is 6.30. The van der Waals surface area contributed by atoms with Crippen molar-refractivity contribution < 1.29 is 14.3 Å². The molecule has 148 valence electrons. The van der Waals surface area contributed by atoms with E-state index in [2.05, 4.69) is 21.4 Å². The minimum atomic E-state index is -0.939. The van der Waals surface area contributed by atoms with Crippen LogP contribution in [0.2, 0.25) is 0 Å². The summed E-state index contributed by atoms with van der Waals surface area (Å²) in [5.41, 5.74) is 3.41. The number of nitrogens with zero attached hydrogens (tertiary/aromatic N) is 2. The average molecular weight is 408 g/mol. The number of carbonyl (C=O) groups excluding carboxylic acids is 2. The number of thiophene rings is 1. The fourth-order valence-corrected chi connectivity index (χ4v) is 4.79. The van der Waals surface area contributed by atoms with Crippen molar-refractivity contribution in [2.45, 2.75) is 45.1 Å². The van der Waals surface area contributed by atoms with Crippen LogP contribution in [0.15, 0.2) is 24.5 Å². The molecule has 29 heavy (non-hydrogen) atoms. The molecule has 3 aromatic rings. The van der Waals surface area contributed by atoms with Gasteiger partial charge >= 0.3 is 5.97 Å². The molecule has 2 N–H and O–H groups in total. The number of anilines is 1. The van der Waals surface area contributed by atoms with Crippen molar-refractivity contribution >= 4 is 39.2 Å². The van der Waals surface area contributed by atoms with E-state index >= 15 is 0 Å². The molecule has 2 heterocycles. The van der Waals surface area contributed by atoms with Gasteiger partial charge < -0.3 is 15.0 Å². The van der Waals surface area contributed by atoms with Crippen LogP contribution in [-0.4, -0.2) is 27.9 Å². The third-order valence-electron chi connectivity index (χ3n) is 5.09. The average Bonchev–Trinajstić information content (AvgIpc) is 3.34. The number of ether oxygens (including phenoxy) is 1. The minimum absolute atomic E-state index is 0.330. The SMILES string of the molecule is CCC(OC(=O)c1ccc2nc[nH]c2c1)C(=O)Nc1sc2c(c1C#N)CCCC2. The van der Waals surface area contributed by atoms with Crippen LogP contribution in [0.1, 0.15) is 52.5 Å². The number of aromatic nitrogens is 2. The van der Waals surface area contributed by atoms with Gasteiger partial charge in [0.05, 0.1) is 28.5 Å². The first kappa shape index (κ1) is 19.2. The number of esters is 1. The number of rotatable bonds is 5. The molecule has 1 atom stereocenters. The molecule has 4 rings (SSSR count). The Balaban J connectivity index is 1.49. The summed E-state index contributed by atoms with van der Waals surface area (Å²) in [4.78, 5) is 33.5. The van der Waals surface area contributed by atoms with Gasteiger partial charge in [0.1, 0.15) is 11.1 Å². The molecule has 0 saturated carbocycles. The number of amides is 1. The maximum atomic E-state index is 12.8. The molecule has 1 aliphatic rings. The minimum Gasteiger partial charge on any atom is -0.449 e. The van der Waals surface area contributed by atoms with Gasteiger partial charge in [-0.1, -0.05) is 6.92 Å². The maximum absolute atomic E-state index is 12.8. The van der Waals surface area contributed by atoms with E-state index in [4.69, 9.17) is 4.74 Å². The van der Waals surface area contributed by atoms with Crippen molar-refractivity contribution in [1.29, 1.82) is 5.26 Å². The number of aryl methyl sites for hydroxylation is 1. The number of hydrogen-bond donors (Lipinski definition) is 2. The van der Waals surface area contributed by atoms with Crippen molar-refractivity contribution in [3.63, 3.8) is 0 Å². The lowest BCUT2D eigenvalue weighted by molar-refractivity contribution is -0.124. The van der Waals surface area contributed by atoms with Crippen LogP contribution in [-0.2, 0) is 22.4 Å². The third kappa shape index (κ3) is 3.74. The van der Waals surface area contributed by atoms with Crippen LogP contribution in [0.3, 0.4) is 0 Å². The van der Waals surface area contributed by atoms with Crippen molar-refractivity contribution in [1.82, 2.24) is 9.97 Å². The summed E-state index contributed by atoms with van der Waals surface area (Å²) >= 11 is 1.45. The highest BCUT2D eigenvalue weighted by atomic mass is 32.1. The van der Waals surface area contributed by atoms with E-state index in [1.807, 2.05) is 0 Å². The van der Waals surface area contributed by atoms with Crippen molar-refractivity contribution in [2.24, 2.45) is 0 Å². The largest absolute Gasteiger partial charge is 0.449 e. The molecule has 1 aliphatic carbocycles. The summed E-state index contributed by atoms with van der Waals surface area (Å²) < 4.78 is 5.46. The molecule has 1 amide bonds. The van der Waals surface area contributed by atoms with Crippen LogP contribution in [0, 0.1) is 11.3 Å². The Morgan fingerprint density at radius 2 is 2.21 bits per heavy atom. The molecule has 0 spiro atoms. The zero-order valence-corrected chi connectivity index (χ0v) is 16.8. The standard InChI is InChI=1S/C21H20N4O3S/c1-2-17(28-21(27)12-7-8-15-16(9-12)24-11-23-15)19(26)25-20-14(10-22)13-5-3-4-6-18(13)29-20/h7-9,11,17H,2-6H2,1H3,(H,23,24)(H,25,26). The highest BCUT2D eigenvalue weighted by Crippen LogP contribution is 2.37. The van der Waals surface area contributed by atoms with Gasteiger partial charge in [0.25, 0.3) is 5.91 Å². The summed E-state index contributed by atoms with van der Waals surface area (Å²) in [5.74, 6) is -0.993. The van der Waals surface area contributed by atoms with E-state index in [1.54, 1.807) is 31.5 Å². The number of imidazole rings is 1. The summed E-state index contributed by atoms with van der Waals surface area (Å²) in [6.45, 7) is 1.78. The predicted octanol–water partition coefficient (Wildman–Crippen LogP) is 3.95. The second-order valence-corrected chi connectivity index (χ2v) is 8.06. The Hall–Kier alpha value is -3.18. The number of hydrogen-bond acceptors (Lipinski definition) is 6. The second-order valence-electron chi connectivity index (χ2n) is 6.95. The van der Waals surface area contributed by atoms with Gasteiger partial charge in [-0.05, 0) is 55.9 Å². The zero-order chi connectivity index (χ0) is 20.4. The van der Waals surface area contributed by atoms with E-state index in [1.165, 1.54) is 16.2 Å². The van der Waals surface area contributed by atoms with Crippen LogP contribution in [0.5, 0.6) is 0 Å². The first-order chi connectivity index (χ1) is 14.1. The summed E-state index contributed by atoms with van der Waals surface area (Å²) in [6, 6.07) is 7.22. The van der Waals surface area contributed by atoms with Crippen LogP contribution in [0.25, 0.3) is 11.0 Å². The van der Waals surface area contributed by atoms with Gasteiger partial charge in [-0.3, -0.25) is 4.79 Å². The number of benzene rings is 1. The molecule has 0 radical (unpaired) electrons.